The van der Waals surface area contributed by atoms with Crippen LogP contribution in [0.15, 0.2) is 18.2 Å². The van der Waals surface area contributed by atoms with E-state index in [1.807, 2.05) is 6.92 Å². The second kappa shape index (κ2) is 6.92. The average Bonchev–Trinajstić information content (AvgIpc) is 2.42. The summed E-state index contributed by atoms with van der Waals surface area (Å²) in [4.78, 5) is 14.4. The number of carbonyl (C=O) groups excluding carboxylic acids is 1. The molecule has 1 aliphatic heterocycles. The number of hydrogen-bond donors (Lipinski definition) is 0. The molecule has 0 aliphatic carbocycles. The smallest absolute Gasteiger partial charge is 0.176 e. The summed E-state index contributed by atoms with van der Waals surface area (Å²) in [5, 5.41) is 0.506. The van der Waals surface area contributed by atoms with Gasteiger partial charge >= 0.3 is 0 Å². The van der Waals surface area contributed by atoms with Crippen molar-refractivity contribution in [2.45, 2.75) is 26.2 Å². The van der Waals surface area contributed by atoms with Crippen LogP contribution in [0, 0.1) is 0 Å². The Hall–Kier alpha value is -1.06. The zero-order valence-electron chi connectivity index (χ0n) is 11.3. The van der Waals surface area contributed by atoms with Crippen molar-refractivity contribution in [3.63, 3.8) is 0 Å². The first-order chi connectivity index (χ1) is 9.20. The predicted octanol–water partition coefficient (Wildman–Crippen LogP) is 3.41. The lowest BCUT2D eigenvalue weighted by atomic mass is 10.1. The zero-order chi connectivity index (χ0) is 13.7. The van der Waals surface area contributed by atoms with Crippen LogP contribution in [0.2, 0.25) is 5.02 Å². The van der Waals surface area contributed by atoms with Crippen molar-refractivity contribution in [3.8, 4) is 5.75 Å². The van der Waals surface area contributed by atoms with Gasteiger partial charge in [0.05, 0.1) is 18.2 Å². The van der Waals surface area contributed by atoms with Crippen molar-refractivity contribution in [1.29, 1.82) is 0 Å². The van der Waals surface area contributed by atoms with Crippen LogP contribution in [0.3, 0.4) is 0 Å². The lowest BCUT2D eigenvalue weighted by Crippen LogP contribution is -2.34. The van der Waals surface area contributed by atoms with E-state index in [-0.39, 0.29) is 5.78 Å². The first kappa shape index (κ1) is 14.4. The number of ether oxygens (including phenoxy) is 1. The van der Waals surface area contributed by atoms with Crippen LogP contribution in [0.25, 0.3) is 0 Å². The molecule has 1 heterocycles. The molecule has 0 radical (unpaired) electrons. The number of piperidine rings is 1. The van der Waals surface area contributed by atoms with Crippen LogP contribution in [0.5, 0.6) is 5.75 Å². The SMILES string of the molecule is CCOc1ccc(C(=O)CN2CCCCC2)cc1Cl. The largest absolute Gasteiger partial charge is 0.492 e. The Bertz CT molecular complexity index is 442. The summed E-state index contributed by atoms with van der Waals surface area (Å²) in [6.45, 7) is 5.02. The molecular formula is C15H20ClNO2. The molecule has 1 aromatic carbocycles. The maximum absolute atomic E-state index is 12.2. The van der Waals surface area contributed by atoms with E-state index in [1.165, 1.54) is 19.3 Å². The number of carbonyl (C=O) groups is 1. The fraction of sp³-hybridized carbons (Fsp3) is 0.533. The summed E-state index contributed by atoms with van der Waals surface area (Å²) < 4.78 is 5.37. The minimum absolute atomic E-state index is 0.131. The minimum atomic E-state index is 0.131. The van der Waals surface area contributed by atoms with Crippen LogP contribution in [0.4, 0.5) is 0 Å². The lowest BCUT2D eigenvalue weighted by molar-refractivity contribution is 0.0915. The molecule has 0 amide bonds. The monoisotopic (exact) mass is 281 g/mol. The van der Waals surface area contributed by atoms with Crippen molar-refractivity contribution in [2.75, 3.05) is 26.2 Å². The highest BCUT2D eigenvalue weighted by Gasteiger charge is 2.16. The van der Waals surface area contributed by atoms with E-state index >= 15 is 0 Å². The van der Waals surface area contributed by atoms with E-state index in [4.69, 9.17) is 16.3 Å². The van der Waals surface area contributed by atoms with E-state index in [0.717, 1.165) is 13.1 Å². The molecule has 1 saturated heterocycles. The molecule has 0 aromatic heterocycles. The molecule has 1 aliphatic rings. The van der Waals surface area contributed by atoms with Gasteiger partial charge in [-0.25, -0.2) is 0 Å². The molecule has 19 heavy (non-hydrogen) atoms. The number of nitrogens with zero attached hydrogens (tertiary/aromatic N) is 1. The van der Waals surface area contributed by atoms with Gasteiger partial charge in [0.25, 0.3) is 0 Å². The summed E-state index contributed by atoms with van der Waals surface area (Å²) >= 11 is 6.10. The molecule has 0 atom stereocenters. The normalized spacial score (nSPS) is 16.3. The molecule has 2 rings (SSSR count). The highest BCUT2D eigenvalue weighted by molar-refractivity contribution is 6.32. The van der Waals surface area contributed by atoms with Crippen LogP contribution in [-0.4, -0.2) is 36.9 Å². The molecule has 0 saturated carbocycles. The topological polar surface area (TPSA) is 29.5 Å². The number of Topliss-reactive ketones (excluding diaryl/α,β-unsaturated/α-hetero) is 1. The summed E-state index contributed by atoms with van der Waals surface area (Å²) in [6.07, 6.45) is 3.66. The molecule has 0 spiro atoms. The Labute approximate surface area is 119 Å². The fourth-order valence-electron chi connectivity index (χ4n) is 2.36. The standard InChI is InChI=1S/C15H20ClNO2/c1-2-19-15-7-6-12(10-13(15)16)14(18)11-17-8-4-3-5-9-17/h6-7,10H,2-5,8-9,11H2,1H3. The Morgan fingerprint density at radius 3 is 2.68 bits per heavy atom. The fourth-order valence-corrected chi connectivity index (χ4v) is 2.59. The van der Waals surface area contributed by atoms with Crippen LogP contribution < -0.4 is 4.74 Å². The molecule has 0 unspecified atom stereocenters. The third-order valence-corrected chi connectivity index (χ3v) is 3.66. The Morgan fingerprint density at radius 2 is 2.05 bits per heavy atom. The average molecular weight is 282 g/mol. The summed E-state index contributed by atoms with van der Waals surface area (Å²) in [6, 6.07) is 5.28. The van der Waals surface area contributed by atoms with Gasteiger partial charge in [0, 0.05) is 5.56 Å². The van der Waals surface area contributed by atoms with E-state index in [1.54, 1.807) is 18.2 Å². The number of rotatable bonds is 5. The number of halogens is 1. The van der Waals surface area contributed by atoms with Crippen molar-refractivity contribution in [1.82, 2.24) is 4.90 Å². The van der Waals surface area contributed by atoms with Crippen molar-refractivity contribution in [2.24, 2.45) is 0 Å². The van der Waals surface area contributed by atoms with Crippen molar-refractivity contribution < 1.29 is 9.53 Å². The van der Waals surface area contributed by atoms with Crippen LogP contribution in [-0.2, 0) is 0 Å². The van der Waals surface area contributed by atoms with Gasteiger partial charge in [-0.1, -0.05) is 18.0 Å². The van der Waals surface area contributed by atoms with E-state index in [0.29, 0.717) is 29.5 Å². The van der Waals surface area contributed by atoms with Gasteiger partial charge in [0.1, 0.15) is 5.75 Å². The van der Waals surface area contributed by atoms with Gasteiger partial charge in [-0.3, -0.25) is 9.69 Å². The van der Waals surface area contributed by atoms with E-state index in [2.05, 4.69) is 4.90 Å². The van der Waals surface area contributed by atoms with Gasteiger partial charge in [0.15, 0.2) is 5.78 Å². The summed E-state index contributed by atoms with van der Waals surface area (Å²) in [5.41, 5.74) is 0.666. The molecule has 3 nitrogen and oxygen atoms in total. The first-order valence-corrected chi connectivity index (χ1v) is 7.26. The van der Waals surface area contributed by atoms with Gasteiger partial charge < -0.3 is 4.74 Å². The third-order valence-electron chi connectivity index (χ3n) is 3.37. The van der Waals surface area contributed by atoms with Gasteiger partial charge in [-0.15, -0.1) is 0 Å². The maximum atomic E-state index is 12.2. The quantitative estimate of drug-likeness (QED) is 0.775. The molecule has 4 heteroatoms. The number of benzene rings is 1. The number of hydrogen-bond acceptors (Lipinski definition) is 3. The van der Waals surface area contributed by atoms with E-state index < -0.39 is 0 Å². The molecular weight excluding hydrogens is 262 g/mol. The van der Waals surface area contributed by atoms with Gasteiger partial charge in [-0.2, -0.15) is 0 Å². The molecule has 0 N–H and O–H groups in total. The lowest BCUT2D eigenvalue weighted by Gasteiger charge is -2.25. The second-order valence-electron chi connectivity index (χ2n) is 4.84. The Morgan fingerprint density at radius 1 is 1.32 bits per heavy atom. The number of likely N-dealkylation sites (tertiary alicyclic amines) is 1. The van der Waals surface area contributed by atoms with Crippen molar-refractivity contribution in [3.05, 3.63) is 28.8 Å². The van der Waals surface area contributed by atoms with Crippen LogP contribution >= 0.6 is 11.6 Å². The van der Waals surface area contributed by atoms with Gasteiger partial charge in [0.2, 0.25) is 0 Å². The Kier molecular flexibility index (Phi) is 5.23. The molecule has 104 valence electrons. The first-order valence-electron chi connectivity index (χ1n) is 6.88. The van der Waals surface area contributed by atoms with Crippen molar-refractivity contribution >= 4 is 17.4 Å². The second-order valence-corrected chi connectivity index (χ2v) is 5.25. The summed E-state index contributed by atoms with van der Waals surface area (Å²) in [5.74, 6) is 0.769. The van der Waals surface area contributed by atoms with E-state index in [9.17, 15) is 4.79 Å². The minimum Gasteiger partial charge on any atom is -0.492 e. The third kappa shape index (κ3) is 3.95. The van der Waals surface area contributed by atoms with Gasteiger partial charge in [-0.05, 0) is 51.1 Å². The highest BCUT2D eigenvalue weighted by atomic mass is 35.5. The zero-order valence-corrected chi connectivity index (χ0v) is 12.1. The summed E-state index contributed by atoms with van der Waals surface area (Å²) in [7, 11) is 0. The molecule has 1 fully saturated rings. The molecule has 0 bridgehead atoms. The number of ketones is 1. The predicted molar refractivity (Wildman–Crippen MR) is 77.2 cm³/mol. The Balaban J connectivity index is 2.00. The maximum Gasteiger partial charge on any atom is 0.176 e. The van der Waals surface area contributed by atoms with Crippen LogP contribution in [0.1, 0.15) is 36.5 Å². The molecule has 1 aromatic rings. The highest BCUT2D eigenvalue weighted by Crippen LogP contribution is 2.25.